The summed E-state index contributed by atoms with van der Waals surface area (Å²) in [7, 11) is 0. The van der Waals surface area contributed by atoms with Crippen LogP contribution in [0.25, 0.3) is 11.1 Å². The number of esters is 1. The van der Waals surface area contributed by atoms with Gasteiger partial charge in [0.1, 0.15) is 0 Å². The predicted octanol–water partition coefficient (Wildman–Crippen LogP) is 6.29. The van der Waals surface area contributed by atoms with E-state index in [0.717, 1.165) is 18.4 Å². The SMILES string of the molecule is CCCCCc1ccc(-c2ccc(C(=O)OCC(C)CC)cc2)cc1. The number of hydrogen-bond acceptors (Lipinski definition) is 2. The normalized spacial score (nSPS) is 12.0. The second kappa shape index (κ2) is 10.0. The van der Waals surface area contributed by atoms with Gasteiger partial charge in [0.25, 0.3) is 0 Å². The first-order chi connectivity index (χ1) is 12.1. The summed E-state index contributed by atoms with van der Waals surface area (Å²) in [6.07, 6.45) is 5.96. The molecule has 0 radical (unpaired) electrons. The van der Waals surface area contributed by atoms with Gasteiger partial charge in [-0.1, -0.05) is 76.4 Å². The van der Waals surface area contributed by atoms with Crippen molar-refractivity contribution in [3.05, 3.63) is 59.7 Å². The van der Waals surface area contributed by atoms with Crippen LogP contribution in [0.15, 0.2) is 48.5 Å². The molecule has 2 aromatic carbocycles. The van der Waals surface area contributed by atoms with Crippen molar-refractivity contribution in [3.63, 3.8) is 0 Å². The number of ether oxygens (including phenoxy) is 1. The van der Waals surface area contributed by atoms with Crippen LogP contribution in [-0.2, 0) is 11.2 Å². The third-order valence-corrected chi connectivity index (χ3v) is 4.67. The van der Waals surface area contributed by atoms with Crippen LogP contribution in [0.3, 0.4) is 0 Å². The first kappa shape index (κ1) is 19.2. The zero-order valence-corrected chi connectivity index (χ0v) is 15.8. The minimum Gasteiger partial charge on any atom is -0.462 e. The Morgan fingerprint density at radius 3 is 2.08 bits per heavy atom. The number of hydrogen-bond donors (Lipinski definition) is 0. The highest BCUT2D eigenvalue weighted by molar-refractivity contribution is 5.90. The van der Waals surface area contributed by atoms with Crippen molar-refractivity contribution in [1.29, 1.82) is 0 Å². The monoisotopic (exact) mass is 338 g/mol. The molecule has 0 aliphatic rings. The summed E-state index contributed by atoms with van der Waals surface area (Å²) in [6, 6.07) is 16.4. The van der Waals surface area contributed by atoms with E-state index in [2.05, 4.69) is 45.0 Å². The molecule has 134 valence electrons. The minimum atomic E-state index is -0.238. The molecule has 2 rings (SSSR count). The lowest BCUT2D eigenvalue weighted by atomic mass is 10.0. The van der Waals surface area contributed by atoms with Crippen LogP contribution in [0.4, 0.5) is 0 Å². The lowest BCUT2D eigenvalue weighted by Gasteiger charge is -2.10. The first-order valence-corrected chi connectivity index (χ1v) is 9.50. The van der Waals surface area contributed by atoms with Gasteiger partial charge in [-0.2, -0.15) is 0 Å². The summed E-state index contributed by atoms with van der Waals surface area (Å²) < 4.78 is 5.35. The summed E-state index contributed by atoms with van der Waals surface area (Å²) in [5.41, 5.74) is 4.31. The first-order valence-electron chi connectivity index (χ1n) is 9.50. The molecule has 0 aliphatic heterocycles. The fourth-order valence-corrected chi connectivity index (χ4v) is 2.66. The van der Waals surface area contributed by atoms with Crippen molar-refractivity contribution < 1.29 is 9.53 Å². The van der Waals surface area contributed by atoms with Gasteiger partial charge in [0.05, 0.1) is 12.2 Å². The van der Waals surface area contributed by atoms with Crippen LogP contribution in [0, 0.1) is 5.92 Å². The highest BCUT2D eigenvalue weighted by Gasteiger charge is 2.09. The van der Waals surface area contributed by atoms with E-state index in [1.165, 1.54) is 30.4 Å². The lowest BCUT2D eigenvalue weighted by Crippen LogP contribution is -2.11. The van der Waals surface area contributed by atoms with Crippen molar-refractivity contribution in [1.82, 2.24) is 0 Å². The Balaban J connectivity index is 1.96. The smallest absolute Gasteiger partial charge is 0.338 e. The average Bonchev–Trinajstić information content (AvgIpc) is 2.66. The second-order valence-corrected chi connectivity index (χ2v) is 6.84. The highest BCUT2D eigenvalue weighted by Crippen LogP contribution is 2.21. The Kier molecular flexibility index (Phi) is 7.72. The zero-order chi connectivity index (χ0) is 18.1. The number of aryl methyl sites for hydroxylation is 1. The number of carbonyl (C=O) groups excluding carboxylic acids is 1. The van der Waals surface area contributed by atoms with Crippen molar-refractivity contribution in [2.24, 2.45) is 5.92 Å². The number of unbranched alkanes of at least 4 members (excludes halogenated alkanes) is 2. The Morgan fingerprint density at radius 2 is 1.52 bits per heavy atom. The van der Waals surface area contributed by atoms with Gasteiger partial charge < -0.3 is 4.74 Å². The molecule has 0 heterocycles. The maximum atomic E-state index is 12.1. The summed E-state index contributed by atoms with van der Waals surface area (Å²) in [6.45, 7) is 6.90. The number of benzene rings is 2. The number of rotatable bonds is 9. The Morgan fingerprint density at radius 1 is 0.920 bits per heavy atom. The topological polar surface area (TPSA) is 26.3 Å². The van der Waals surface area contributed by atoms with E-state index in [0.29, 0.717) is 18.1 Å². The molecular formula is C23H30O2. The van der Waals surface area contributed by atoms with Gasteiger partial charge >= 0.3 is 5.97 Å². The summed E-state index contributed by atoms with van der Waals surface area (Å²) in [4.78, 5) is 12.1. The van der Waals surface area contributed by atoms with Crippen LogP contribution in [0.1, 0.15) is 62.4 Å². The number of carbonyl (C=O) groups is 1. The largest absolute Gasteiger partial charge is 0.462 e. The van der Waals surface area contributed by atoms with E-state index in [4.69, 9.17) is 4.74 Å². The quantitative estimate of drug-likeness (QED) is 0.397. The Bertz CT molecular complexity index is 641. The maximum absolute atomic E-state index is 12.1. The van der Waals surface area contributed by atoms with E-state index in [1.807, 2.05) is 24.3 Å². The van der Waals surface area contributed by atoms with Crippen molar-refractivity contribution in [2.45, 2.75) is 52.9 Å². The molecule has 0 spiro atoms. The Hall–Kier alpha value is -2.09. The molecule has 0 aromatic heterocycles. The third-order valence-electron chi connectivity index (χ3n) is 4.67. The fraction of sp³-hybridized carbons (Fsp3) is 0.435. The predicted molar refractivity (Wildman–Crippen MR) is 105 cm³/mol. The van der Waals surface area contributed by atoms with E-state index < -0.39 is 0 Å². The van der Waals surface area contributed by atoms with Gasteiger partial charge in [-0.25, -0.2) is 4.79 Å². The second-order valence-electron chi connectivity index (χ2n) is 6.84. The molecule has 1 atom stereocenters. The van der Waals surface area contributed by atoms with Gasteiger partial charge in [-0.15, -0.1) is 0 Å². The van der Waals surface area contributed by atoms with Crippen LogP contribution >= 0.6 is 0 Å². The molecule has 1 unspecified atom stereocenters. The molecule has 0 saturated heterocycles. The Labute approximate surface area is 152 Å². The molecule has 0 N–H and O–H groups in total. The summed E-state index contributed by atoms with van der Waals surface area (Å²) in [5.74, 6) is 0.164. The lowest BCUT2D eigenvalue weighted by molar-refractivity contribution is 0.0447. The zero-order valence-electron chi connectivity index (χ0n) is 15.8. The maximum Gasteiger partial charge on any atom is 0.338 e. The van der Waals surface area contributed by atoms with Gasteiger partial charge in [0.15, 0.2) is 0 Å². The minimum absolute atomic E-state index is 0.238. The van der Waals surface area contributed by atoms with E-state index in [-0.39, 0.29) is 5.97 Å². The standard InChI is InChI=1S/C23H30O2/c1-4-6-7-8-19-9-11-20(12-10-19)21-13-15-22(16-14-21)23(24)25-17-18(3)5-2/h9-16,18H,4-8,17H2,1-3H3. The molecule has 25 heavy (non-hydrogen) atoms. The van der Waals surface area contributed by atoms with Crippen molar-refractivity contribution >= 4 is 5.97 Å². The van der Waals surface area contributed by atoms with Crippen LogP contribution in [-0.4, -0.2) is 12.6 Å². The van der Waals surface area contributed by atoms with E-state index in [1.54, 1.807) is 0 Å². The molecule has 0 aliphatic carbocycles. The van der Waals surface area contributed by atoms with Gasteiger partial charge in [0, 0.05) is 0 Å². The molecule has 0 fully saturated rings. The van der Waals surface area contributed by atoms with E-state index in [9.17, 15) is 4.79 Å². The van der Waals surface area contributed by atoms with Gasteiger partial charge in [0.2, 0.25) is 0 Å². The molecule has 2 heteroatoms. The molecule has 2 aromatic rings. The van der Waals surface area contributed by atoms with Gasteiger partial charge in [-0.3, -0.25) is 0 Å². The molecule has 0 bridgehead atoms. The average molecular weight is 338 g/mol. The van der Waals surface area contributed by atoms with Crippen LogP contribution in [0.5, 0.6) is 0 Å². The van der Waals surface area contributed by atoms with Crippen molar-refractivity contribution in [2.75, 3.05) is 6.61 Å². The van der Waals surface area contributed by atoms with Crippen molar-refractivity contribution in [3.8, 4) is 11.1 Å². The van der Waals surface area contributed by atoms with E-state index >= 15 is 0 Å². The van der Waals surface area contributed by atoms with Crippen LogP contribution < -0.4 is 0 Å². The molecule has 2 nitrogen and oxygen atoms in total. The van der Waals surface area contributed by atoms with Crippen LogP contribution in [0.2, 0.25) is 0 Å². The highest BCUT2D eigenvalue weighted by atomic mass is 16.5. The molecule has 0 saturated carbocycles. The third kappa shape index (κ3) is 6.04. The molecule has 0 amide bonds. The summed E-state index contributed by atoms with van der Waals surface area (Å²) >= 11 is 0. The fourth-order valence-electron chi connectivity index (χ4n) is 2.66. The van der Waals surface area contributed by atoms with Gasteiger partial charge in [-0.05, 0) is 47.6 Å². The summed E-state index contributed by atoms with van der Waals surface area (Å²) in [5, 5.41) is 0. The molecular weight excluding hydrogens is 308 g/mol.